The standard InChI is InChI=1S/C15H19N3O/c1-2-18-13(7-9-17-18)14(16)15-12-6-4-3-5-11(12)8-10-19-15/h3-7,9,14-15H,2,8,10,16H2,1H3. The molecular formula is C15H19N3O. The summed E-state index contributed by atoms with van der Waals surface area (Å²) in [7, 11) is 0. The van der Waals surface area contributed by atoms with Crippen molar-refractivity contribution >= 4 is 0 Å². The minimum absolute atomic E-state index is 0.0769. The largest absolute Gasteiger partial charge is 0.371 e. The van der Waals surface area contributed by atoms with E-state index in [2.05, 4.69) is 30.2 Å². The van der Waals surface area contributed by atoms with Crippen LogP contribution in [0.2, 0.25) is 0 Å². The molecule has 2 aromatic rings. The highest BCUT2D eigenvalue weighted by Gasteiger charge is 2.29. The molecule has 3 rings (SSSR count). The van der Waals surface area contributed by atoms with Crippen LogP contribution in [0.1, 0.15) is 35.9 Å². The third-order valence-corrected chi connectivity index (χ3v) is 3.75. The summed E-state index contributed by atoms with van der Waals surface area (Å²) in [4.78, 5) is 0. The number of benzene rings is 1. The van der Waals surface area contributed by atoms with Gasteiger partial charge in [-0.2, -0.15) is 5.10 Å². The Labute approximate surface area is 113 Å². The number of nitrogens with two attached hydrogens (primary N) is 1. The summed E-state index contributed by atoms with van der Waals surface area (Å²) >= 11 is 0. The SMILES string of the molecule is CCn1nccc1C(N)C1OCCc2ccccc21. The summed E-state index contributed by atoms with van der Waals surface area (Å²) in [5.74, 6) is 0. The van der Waals surface area contributed by atoms with Crippen LogP contribution in [0, 0.1) is 0 Å². The molecule has 0 bridgehead atoms. The van der Waals surface area contributed by atoms with Gasteiger partial charge in [-0.15, -0.1) is 0 Å². The maximum absolute atomic E-state index is 6.42. The van der Waals surface area contributed by atoms with Gasteiger partial charge in [-0.25, -0.2) is 0 Å². The predicted molar refractivity (Wildman–Crippen MR) is 73.7 cm³/mol. The van der Waals surface area contributed by atoms with Gasteiger partial charge >= 0.3 is 0 Å². The quantitative estimate of drug-likeness (QED) is 0.917. The van der Waals surface area contributed by atoms with Crippen molar-refractivity contribution in [3.05, 3.63) is 53.3 Å². The zero-order valence-electron chi connectivity index (χ0n) is 11.1. The Morgan fingerprint density at radius 1 is 1.42 bits per heavy atom. The summed E-state index contributed by atoms with van der Waals surface area (Å²) in [5, 5.41) is 4.29. The number of nitrogens with zero attached hydrogens (tertiary/aromatic N) is 2. The maximum atomic E-state index is 6.42. The first kappa shape index (κ1) is 12.4. The van der Waals surface area contributed by atoms with Gasteiger partial charge in [-0.1, -0.05) is 24.3 Å². The average molecular weight is 257 g/mol. The van der Waals surface area contributed by atoms with Gasteiger partial charge in [0.1, 0.15) is 6.10 Å². The van der Waals surface area contributed by atoms with Crippen molar-refractivity contribution in [2.45, 2.75) is 32.0 Å². The summed E-state index contributed by atoms with van der Waals surface area (Å²) in [6.45, 7) is 3.62. The highest BCUT2D eigenvalue weighted by atomic mass is 16.5. The van der Waals surface area contributed by atoms with Crippen LogP contribution in [0.4, 0.5) is 0 Å². The lowest BCUT2D eigenvalue weighted by molar-refractivity contribution is 0.0222. The monoisotopic (exact) mass is 257 g/mol. The molecule has 0 amide bonds. The van der Waals surface area contributed by atoms with E-state index >= 15 is 0 Å². The first-order valence-electron chi connectivity index (χ1n) is 6.78. The molecule has 2 N–H and O–H groups in total. The van der Waals surface area contributed by atoms with Crippen molar-refractivity contribution in [2.24, 2.45) is 5.73 Å². The van der Waals surface area contributed by atoms with E-state index in [9.17, 15) is 0 Å². The smallest absolute Gasteiger partial charge is 0.103 e. The van der Waals surface area contributed by atoms with Crippen molar-refractivity contribution in [3.8, 4) is 0 Å². The van der Waals surface area contributed by atoms with E-state index in [0.29, 0.717) is 0 Å². The molecule has 4 nitrogen and oxygen atoms in total. The summed E-state index contributed by atoms with van der Waals surface area (Å²) in [5.41, 5.74) is 10.0. The number of fused-ring (bicyclic) bond motifs is 1. The first-order valence-corrected chi connectivity index (χ1v) is 6.78. The van der Waals surface area contributed by atoms with Gasteiger partial charge in [0.25, 0.3) is 0 Å². The van der Waals surface area contributed by atoms with E-state index in [1.807, 2.05) is 16.8 Å². The molecule has 2 unspecified atom stereocenters. The van der Waals surface area contributed by atoms with Crippen molar-refractivity contribution in [2.75, 3.05) is 6.61 Å². The van der Waals surface area contributed by atoms with Crippen molar-refractivity contribution in [1.82, 2.24) is 9.78 Å². The highest BCUT2D eigenvalue weighted by Crippen LogP contribution is 2.35. The summed E-state index contributed by atoms with van der Waals surface area (Å²) < 4.78 is 7.86. The molecule has 19 heavy (non-hydrogen) atoms. The van der Waals surface area contributed by atoms with Gasteiger partial charge in [-0.05, 0) is 30.5 Å². The van der Waals surface area contributed by atoms with Crippen LogP contribution in [0.15, 0.2) is 36.5 Å². The molecule has 0 saturated carbocycles. The van der Waals surface area contributed by atoms with Crippen LogP contribution in [-0.4, -0.2) is 16.4 Å². The highest BCUT2D eigenvalue weighted by molar-refractivity contribution is 5.33. The molecule has 0 spiro atoms. The van der Waals surface area contributed by atoms with Gasteiger partial charge in [0.05, 0.1) is 18.3 Å². The molecule has 2 atom stereocenters. The molecule has 4 heteroatoms. The van der Waals surface area contributed by atoms with E-state index < -0.39 is 0 Å². The second-order valence-corrected chi connectivity index (χ2v) is 4.84. The molecule has 1 aromatic heterocycles. The lowest BCUT2D eigenvalue weighted by atomic mass is 9.92. The zero-order valence-corrected chi connectivity index (χ0v) is 11.1. The fraction of sp³-hybridized carbons (Fsp3) is 0.400. The molecule has 1 aromatic carbocycles. The average Bonchev–Trinajstić information content (AvgIpc) is 2.94. The van der Waals surface area contributed by atoms with Crippen molar-refractivity contribution < 1.29 is 4.74 Å². The minimum atomic E-state index is -0.177. The van der Waals surface area contributed by atoms with Gasteiger partial charge in [0, 0.05) is 12.7 Å². The number of aryl methyl sites for hydroxylation is 1. The van der Waals surface area contributed by atoms with Gasteiger partial charge < -0.3 is 10.5 Å². The van der Waals surface area contributed by atoms with E-state index in [4.69, 9.17) is 10.5 Å². The summed E-state index contributed by atoms with van der Waals surface area (Å²) in [6.07, 6.45) is 2.69. The van der Waals surface area contributed by atoms with Crippen LogP contribution in [0.3, 0.4) is 0 Å². The predicted octanol–water partition coefficient (Wildman–Crippen LogP) is 2.22. The second-order valence-electron chi connectivity index (χ2n) is 4.84. The fourth-order valence-electron chi connectivity index (χ4n) is 2.77. The lowest BCUT2D eigenvalue weighted by Crippen LogP contribution is -2.29. The Hall–Kier alpha value is -1.65. The molecule has 1 aliphatic heterocycles. The molecule has 2 heterocycles. The second kappa shape index (κ2) is 5.15. The normalized spacial score (nSPS) is 20.0. The third-order valence-electron chi connectivity index (χ3n) is 3.75. The maximum Gasteiger partial charge on any atom is 0.103 e. The Kier molecular flexibility index (Phi) is 3.36. The van der Waals surface area contributed by atoms with Gasteiger partial charge in [0.2, 0.25) is 0 Å². The number of rotatable bonds is 3. The molecule has 0 aliphatic carbocycles. The Morgan fingerprint density at radius 2 is 2.26 bits per heavy atom. The molecule has 0 saturated heterocycles. The van der Waals surface area contributed by atoms with Crippen molar-refractivity contribution in [1.29, 1.82) is 0 Å². The van der Waals surface area contributed by atoms with E-state index in [0.717, 1.165) is 25.3 Å². The Bertz CT molecular complexity index is 564. The number of aromatic nitrogens is 2. The fourth-order valence-corrected chi connectivity index (χ4v) is 2.77. The molecule has 0 radical (unpaired) electrons. The van der Waals surface area contributed by atoms with E-state index in [-0.39, 0.29) is 12.1 Å². The van der Waals surface area contributed by atoms with Crippen LogP contribution in [0.5, 0.6) is 0 Å². The van der Waals surface area contributed by atoms with Crippen LogP contribution in [0.25, 0.3) is 0 Å². The summed E-state index contributed by atoms with van der Waals surface area (Å²) in [6, 6.07) is 10.2. The minimum Gasteiger partial charge on any atom is -0.371 e. The van der Waals surface area contributed by atoms with E-state index in [1.165, 1.54) is 11.1 Å². The molecular weight excluding hydrogens is 238 g/mol. The van der Waals surface area contributed by atoms with Crippen LogP contribution < -0.4 is 5.73 Å². The van der Waals surface area contributed by atoms with Crippen LogP contribution >= 0.6 is 0 Å². The molecule has 100 valence electrons. The van der Waals surface area contributed by atoms with Crippen molar-refractivity contribution in [3.63, 3.8) is 0 Å². The first-order chi connectivity index (χ1) is 9.31. The number of hydrogen-bond acceptors (Lipinski definition) is 3. The third kappa shape index (κ3) is 2.17. The van der Waals surface area contributed by atoms with Crippen LogP contribution in [-0.2, 0) is 17.7 Å². The molecule has 0 fully saturated rings. The van der Waals surface area contributed by atoms with Gasteiger partial charge in [-0.3, -0.25) is 4.68 Å². The zero-order chi connectivity index (χ0) is 13.2. The van der Waals surface area contributed by atoms with Gasteiger partial charge in [0.15, 0.2) is 0 Å². The Balaban J connectivity index is 1.95. The molecule has 1 aliphatic rings. The Morgan fingerprint density at radius 3 is 3.11 bits per heavy atom. The number of hydrogen-bond donors (Lipinski definition) is 1. The number of ether oxygens (including phenoxy) is 1. The topological polar surface area (TPSA) is 53.1 Å². The lowest BCUT2D eigenvalue weighted by Gasteiger charge is -2.30. The van der Waals surface area contributed by atoms with E-state index in [1.54, 1.807) is 6.20 Å².